The Labute approximate surface area is 197 Å². The van der Waals surface area contributed by atoms with Gasteiger partial charge in [0, 0.05) is 10.6 Å². The van der Waals surface area contributed by atoms with Gasteiger partial charge in [-0.05, 0) is 48.9 Å². The molecular formula is C26H22ClNO5. The molecule has 6 nitrogen and oxygen atoms in total. The van der Waals surface area contributed by atoms with E-state index in [2.05, 4.69) is 4.99 Å². The quantitative estimate of drug-likeness (QED) is 0.318. The van der Waals surface area contributed by atoms with Gasteiger partial charge >= 0.3 is 5.97 Å². The molecule has 0 aromatic heterocycles. The zero-order valence-corrected chi connectivity index (χ0v) is 19.0. The molecule has 1 heterocycles. The molecule has 33 heavy (non-hydrogen) atoms. The molecule has 4 rings (SSSR count). The number of benzene rings is 3. The molecule has 0 bridgehead atoms. The minimum atomic E-state index is -0.533. The van der Waals surface area contributed by atoms with Crippen LogP contribution in [0.15, 0.2) is 77.4 Å². The first kappa shape index (κ1) is 22.4. The molecule has 0 unspecified atom stereocenters. The van der Waals surface area contributed by atoms with Gasteiger partial charge in [0.1, 0.15) is 12.4 Å². The molecule has 168 valence electrons. The number of hydrogen-bond donors (Lipinski definition) is 0. The topological polar surface area (TPSA) is 66.3 Å². The number of nitrogens with zero attached hydrogens (tertiary/aromatic N) is 1. The lowest BCUT2D eigenvalue weighted by Gasteiger charge is -2.12. The van der Waals surface area contributed by atoms with Gasteiger partial charge in [0.2, 0.25) is 5.90 Å². The number of rotatable bonds is 8. The third kappa shape index (κ3) is 5.18. The van der Waals surface area contributed by atoms with Crippen LogP contribution in [0.2, 0.25) is 5.02 Å². The third-order valence-corrected chi connectivity index (χ3v) is 5.24. The van der Waals surface area contributed by atoms with E-state index in [4.69, 9.17) is 30.5 Å². The minimum Gasteiger partial charge on any atom is -0.493 e. The van der Waals surface area contributed by atoms with Gasteiger partial charge in [0.05, 0.1) is 19.3 Å². The highest BCUT2D eigenvalue weighted by Gasteiger charge is 2.26. The lowest BCUT2D eigenvalue weighted by molar-refractivity contribution is -0.129. The van der Waals surface area contributed by atoms with Crippen molar-refractivity contribution >= 4 is 29.5 Å². The fraction of sp³-hybridized carbons (Fsp3) is 0.154. The van der Waals surface area contributed by atoms with E-state index in [-0.39, 0.29) is 11.6 Å². The lowest BCUT2D eigenvalue weighted by atomic mass is 10.1. The van der Waals surface area contributed by atoms with Gasteiger partial charge in [-0.3, -0.25) is 0 Å². The van der Waals surface area contributed by atoms with Crippen molar-refractivity contribution in [1.82, 2.24) is 0 Å². The minimum absolute atomic E-state index is 0.183. The Morgan fingerprint density at radius 2 is 1.76 bits per heavy atom. The molecule has 0 aliphatic carbocycles. The van der Waals surface area contributed by atoms with Crippen LogP contribution in [0, 0.1) is 0 Å². The van der Waals surface area contributed by atoms with Gasteiger partial charge in [0.15, 0.2) is 17.2 Å². The molecule has 0 saturated heterocycles. The summed E-state index contributed by atoms with van der Waals surface area (Å²) in [6, 6.07) is 20.1. The van der Waals surface area contributed by atoms with Crippen molar-refractivity contribution in [3.63, 3.8) is 0 Å². The van der Waals surface area contributed by atoms with Gasteiger partial charge < -0.3 is 18.9 Å². The van der Waals surface area contributed by atoms with Gasteiger partial charge in [-0.25, -0.2) is 9.79 Å². The molecule has 0 amide bonds. The van der Waals surface area contributed by atoms with Crippen molar-refractivity contribution in [2.45, 2.75) is 13.5 Å². The Bertz CT molecular complexity index is 1230. The monoisotopic (exact) mass is 463 g/mol. The standard InChI is InChI=1S/C26H22ClNO5/c1-3-31-22-11-7-5-9-19(22)25-28-21(26(29)33-25)14-17-12-13-23(24(15-17)30-2)32-16-18-8-4-6-10-20(18)27/h4-15H,3,16H2,1-2H3/b21-14-. The summed E-state index contributed by atoms with van der Waals surface area (Å²) >= 11 is 6.20. The summed E-state index contributed by atoms with van der Waals surface area (Å²) in [7, 11) is 1.55. The number of aliphatic imine (C=N–C) groups is 1. The molecule has 1 aliphatic rings. The molecule has 3 aromatic carbocycles. The number of halogens is 1. The summed E-state index contributed by atoms with van der Waals surface area (Å²) in [5.41, 5.74) is 2.39. The molecule has 3 aromatic rings. The van der Waals surface area contributed by atoms with Crippen LogP contribution >= 0.6 is 11.6 Å². The fourth-order valence-corrected chi connectivity index (χ4v) is 3.46. The zero-order chi connectivity index (χ0) is 23.2. The molecule has 0 N–H and O–H groups in total. The predicted octanol–water partition coefficient (Wildman–Crippen LogP) is 5.67. The summed E-state index contributed by atoms with van der Waals surface area (Å²) in [5.74, 6) is 1.36. The number of esters is 1. The SMILES string of the molecule is CCOc1ccccc1C1=N/C(=C\c2ccc(OCc3ccccc3Cl)c(OC)c2)C(=O)O1. The van der Waals surface area contributed by atoms with E-state index in [1.165, 1.54) is 0 Å². The smallest absolute Gasteiger partial charge is 0.363 e. The van der Waals surface area contributed by atoms with Gasteiger partial charge in [-0.15, -0.1) is 0 Å². The van der Waals surface area contributed by atoms with Gasteiger partial charge in [-0.2, -0.15) is 0 Å². The summed E-state index contributed by atoms with van der Waals surface area (Å²) in [6.45, 7) is 2.68. The number of carbonyl (C=O) groups is 1. The maximum absolute atomic E-state index is 12.4. The van der Waals surface area contributed by atoms with Crippen LogP contribution in [-0.4, -0.2) is 25.6 Å². The first-order valence-corrected chi connectivity index (χ1v) is 10.8. The number of methoxy groups -OCH3 is 1. The van der Waals surface area contributed by atoms with Crippen molar-refractivity contribution in [1.29, 1.82) is 0 Å². The second kappa shape index (κ2) is 10.2. The summed E-state index contributed by atoms with van der Waals surface area (Å²) in [5, 5.41) is 0.636. The fourth-order valence-electron chi connectivity index (χ4n) is 3.27. The second-order valence-corrected chi connectivity index (χ2v) is 7.46. The molecule has 0 radical (unpaired) electrons. The maximum atomic E-state index is 12.4. The van der Waals surface area contributed by atoms with Crippen molar-refractivity contribution < 1.29 is 23.7 Å². The summed E-state index contributed by atoms with van der Waals surface area (Å²) in [4.78, 5) is 16.8. The highest BCUT2D eigenvalue weighted by atomic mass is 35.5. The predicted molar refractivity (Wildman–Crippen MR) is 127 cm³/mol. The number of para-hydroxylation sites is 1. The van der Waals surface area contributed by atoms with Gasteiger partial charge in [-0.1, -0.05) is 48.0 Å². The van der Waals surface area contributed by atoms with E-state index in [0.29, 0.717) is 46.6 Å². The highest BCUT2D eigenvalue weighted by molar-refractivity contribution is 6.31. The first-order chi connectivity index (χ1) is 16.1. The Kier molecular flexibility index (Phi) is 6.95. The lowest BCUT2D eigenvalue weighted by Crippen LogP contribution is -2.07. The normalized spacial score (nSPS) is 14.1. The van der Waals surface area contributed by atoms with Crippen LogP contribution in [0.1, 0.15) is 23.6 Å². The third-order valence-electron chi connectivity index (χ3n) is 4.87. The molecule has 0 atom stereocenters. The van der Waals surface area contributed by atoms with E-state index in [1.807, 2.05) is 55.5 Å². The average Bonchev–Trinajstić information content (AvgIpc) is 3.19. The zero-order valence-electron chi connectivity index (χ0n) is 18.2. The Morgan fingerprint density at radius 3 is 2.55 bits per heavy atom. The van der Waals surface area contributed by atoms with E-state index >= 15 is 0 Å². The van der Waals surface area contributed by atoms with E-state index in [9.17, 15) is 4.79 Å². The molecule has 0 saturated carbocycles. The molecule has 0 spiro atoms. The maximum Gasteiger partial charge on any atom is 0.363 e. The van der Waals surface area contributed by atoms with Crippen LogP contribution in [0.25, 0.3) is 6.08 Å². The molecule has 7 heteroatoms. The van der Waals surface area contributed by atoms with Crippen LogP contribution < -0.4 is 14.2 Å². The van der Waals surface area contributed by atoms with Crippen LogP contribution in [0.4, 0.5) is 0 Å². The van der Waals surface area contributed by atoms with Crippen molar-refractivity contribution in [3.05, 3.63) is 94.1 Å². The van der Waals surface area contributed by atoms with E-state index < -0.39 is 5.97 Å². The highest BCUT2D eigenvalue weighted by Crippen LogP contribution is 2.31. The second-order valence-electron chi connectivity index (χ2n) is 7.06. The largest absolute Gasteiger partial charge is 0.493 e. The Balaban J connectivity index is 1.56. The molecule has 1 aliphatic heterocycles. The van der Waals surface area contributed by atoms with E-state index in [0.717, 1.165) is 5.56 Å². The summed E-state index contributed by atoms with van der Waals surface area (Å²) < 4.78 is 22.4. The van der Waals surface area contributed by atoms with E-state index in [1.54, 1.807) is 31.4 Å². The van der Waals surface area contributed by atoms with Gasteiger partial charge in [0.25, 0.3) is 0 Å². The van der Waals surface area contributed by atoms with Crippen molar-refractivity contribution in [2.75, 3.05) is 13.7 Å². The summed E-state index contributed by atoms with van der Waals surface area (Å²) in [6.07, 6.45) is 1.64. The number of cyclic esters (lactones) is 1. The molecular weight excluding hydrogens is 442 g/mol. The van der Waals surface area contributed by atoms with Crippen LogP contribution in [0.3, 0.4) is 0 Å². The van der Waals surface area contributed by atoms with Crippen LogP contribution in [0.5, 0.6) is 17.2 Å². The Morgan fingerprint density at radius 1 is 0.970 bits per heavy atom. The van der Waals surface area contributed by atoms with Crippen molar-refractivity contribution in [3.8, 4) is 17.2 Å². The number of carbonyl (C=O) groups excluding carboxylic acids is 1. The molecule has 0 fully saturated rings. The Hall–Kier alpha value is -3.77. The van der Waals surface area contributed by atoms with Crippen LogP contribution in [-0.2, 0) is 16.1 Å². The first-order valence-electron chi connectivity index (χ1n) is 10.4. The average molecular weight is 464 g/mol. The van der Waals surface area contributed by atoms with Crippen molar-refractivity contribution in [2.24, 2.45) is 4.99 Å². The number of ether oxygens (including phenoxy) is 4. The number of hydrogen-bond acceptors (Lipinski definition) is 6.